The molecule has 0 radical (unpaired) electrons. The fourth-order valence-corrected chi connectivity index (χ4v) is 3.16. The number of aldehydes is 1. The number of hydrogen-bond acceptors (Lipinski definition) is 2. The molecule has 106 valence electrons. The fraction of sp³-hybridized carbons (Fsp3) is 0.588. The first-order valence-electron chi connectivity index (χ1n) is 7.52. The second-order valence-electron chi connectivity index (χ2n) is 4.95. The molecule has 2 unspecified atom stereocenters. The minimum absolute atomic E-state index is 0.133. The molecule has 0 amide bonds. The third-order valence-electron chi connectivity index (χ3n) is 4.13. The highest BCUT2D eigenvalue weighted by Crippen LogP contribution is 2.41. The standard InChI is InChI=1S/C15H20O2.C2H6/c1-3-10-5-6-11-7-12(9-16)15(17)8-14(11)13(10)4-2;1-2/h7-10,13,17H,3-6H2,1-2H3;1-2H3. The van der Waals surface area contributed by atoms with Crippen LogP contribution in [-0.2, 0) is 6.42 Å². The first-order chi connectivity index (χ1) is 9.21. The van der Waals surface area contributed by atoms with Gasteiger partial charge in [0, 0.05) is 0 Å². The van der Waals surface area contributed by atoms with Crippen molar-refractivity contribution in [1.29, 1.82) is 0 Å². The normalized spacial score (nSPS) is 21.1. The maximum absolute atomic E-state index is 10.8. The molecule has 0 aliphatic heterocycles. The van der Waals surface area contributed by atoms with Gasteiger partial charge in [0.1, 0.15) is 5.75 Å². The van der Waals surface area contributed by atoms with E-state index in [0.29, 0.717) is 17.4 Å². The van der Waals surface area contributed by atoms with Crippen molar-refractivity contribution < 1.29 is 9.90 Å². The van der Waals surface area contributed by atoms with E-state index in [2.05, 4.69) is 13.8 Å². The van der Waals surface area contributed by atoms with E-state index in [4.69, 9.17) is 0 Å². The SMILES string of the molecule is CC.CCC1CCc2cc(C=O)c(O)cc2C1CC. The molecule has 0 saturated carbocycles. The molecule has 1 N–H and O–H groups in total. The van der Waals surface area contributed by atoms with Crippen molar-refractivity contribution in [3.8, 4) is 5.75 Å². The number of hydrogen-bond donors (Lipinski definition) is 1. The van der Waals surface area contributed by atoms with E-state index in [0.717, 1.165) is 19.1 Å². The van der Waals surface area contributed by atoms with Gasteiger partial charge in [0.05, 0.1) is 5.56 Å². The first kappa shape index (κ1) is 15.7. The Labute approximate surface area is 116 Å². The van der Waals surface area contributed by atoms with E-state index in [1.54, 1.807) is 0 Å². The zero-order valence-corrected chi connectivity index (χ0v) is 12.6. The molecule has 2 nitrogen and oxygen atoms in total. The third-order valence-corrected chi connectivity index (χ3v) is 4.13. The quantitative estimate of drug-likeness (QED) is 0.802. The van der Waals surface area contributed by atoms with Crippen LogP contribution in [0.2, 0.25) is 0 Å². The molecule has 1 aliphatic rings. The van der Waals surface area contributed by atoms with Gasteiger partial charge in [-0.15, -0.1) is 0 Å². The molecular weight excluding hydrogens is 236 g/mol. The maximum Gasteiger partial charge on any atom is 0.153 e. The monoisotopic (exact) mass is 262 g/mol. The first-order valence-corrected chi connectivity index (χ1v) is 7.52. The predicted octanol–water partition coefficient (Wildman–Crippen LogP) is 4.70. The minimum atomic E-state index is 0.133. The van der Waals surface area contributed by atoms with Gasteiger partial charge in [0.25, 0.3) is 0 Å². The molecule has 2 atom stereocenters. The number of aryl methyl sites for hydroxylation is 1. The van der Waals surface area contributed by atoms with E-state index >= 15 is 0 Å². The summed E-state index contributed by atoms with van der Waals surface area (Å²) in [5.74, 6) is 1.39. The molecule has 1 aromatic carbocycles. The van der Waals surface area contributed by atoms with E-state index in [-0.39, 0.29) is 5.75 Å². The lowest BCUT2D eigenvalue weighted by Gasteiger charge is -2.33. The van der Waals surface area contributed by atoms with Crippen molar-refractivity contribution in [2.45, 2.75) is 59.3 Å². The molecule has 0 aromatic heterocycles. The second-order valence-corrected chi connectivity index (χ2v) is 4.95. The van der Waals surface area contributed by atoms with Crippen molar-refractivity contribution in [1.82, 2.24) is 0 Å². The number of phenols is 1. The fourth-order valence-electron chi connectivity index (χ4n) is 3.16. The summed E-state index contributed by atoms with van der Waals surface area (Å²) in [6, 6.07) is 3.68. The molecule has 0 spiro atoms. The van der Waals surface area contributed by atoms with Crippen LogP contribution in [-0.4, -0.2) is 11.4 Å². The maximum atomic E-state index is 10.8. The predicted molar refractivity (Wildman–Crippen MR) is 80.0 cm³/mol. The number of benzene rings is 1. The Hall–Kier alpha value is -1.31. The zero-order chi connectivity index (χ0) is 14.4. The topological polar surface area (TPSA) is 37.3 Å². The highest BCUT2D eigenvalue weighted by atomic mass is 16.3. The molecule has 0 heterocycles. The number of carbonyl (C=O) groups is 1. The lowest BCUT2D eigenvalue weighted by atomic mass is 9.72. The summed E-state index contributed by atoms with van der Waals surface area (Å²) in [5, 5.41) is 9.81. The largest absolute Gasteiger partial charge is 0.507 e. The molecule has 0 bridgehead atoms. The molecule has 19 heavy (non-hydrogen) atoms. The van der Waals surface area contributed by atoms with Crippen LogP contribution in [0.15, 0.2) is 12.1 Å². The van der Waals surface area contributed by atoms with Crippen LogP contribution in [0.25, 0.3) is 0 Å². The lowest BCUT2D eigenvalue weighted by Crippen LogP contribution is -2.20. The Balaban J connectivity index is 0.000000861. The highest BCUT2D eigenvalue weighted by Gasteiger charge is 2.27. The van der Waals surface area contributed by atoms with Crippen molar-refractivity contribution in [2.24, 2.45) is 5.92 Å². The van der Waals surface area contributed by atoms with Crippen LogP contribution >= 0.6 is 0 Å². The van der Waals surface area contributed by atoms with Crippen LogP contribution in [0.4, 0.5) is 0 Å². The van der Waals surface area contributed by atoms with Crippen molar-refractivity contribution in [3.05, 3.63) is 28.8 Å². The van der Waals surface area contributed by atoms with E-state index in [1.165, 1.54) is 24.0 Å². The van der Waals surface area contributed by atoms with Gasteiger partial charge in [-0.3, -0.25) is 4.79 Å². The van der Waals surface area contributed by atoms with Gasteiger partial charge >= 0.3 is 0 Å². The van der Waals surface area contributed by atoms with Gasteiger partial charge in [-0.1, -0.05) is 34.1 Å². The number of aromatic hydroxyl groups is 1. The molecule has 1 aromatic rings. The summed E-state index contributed by atoms with van der Waals surface area (Å²) in [7, 11) is 0. The molecule has 2 rings (SSSR count). The smallest absolute Gasteiger partial charge is 0.153 e. The average molecular weight is 262 g/mol. The van der Waals surface area contributed by atoms with Crippen molar-refractivity contribution in [3.63, 3.8) is 0 Å². The van der Waals surface area contributed by atoms with Crippen LogP contribution < -0.4 is 0 Å². The number of carbonyl (C=O) groups excluding carboxylic acids is 1. The summed E-state index contributed by atoms with van der Waals surface area (Å²) >= 11 is 0. The second kappa shape index (κ2) is 7.32. The molecule has 0 fully saturated rings. The van der Waals surface area contributed by atoms with Crippen LogP contribution in [0.3, 0.4) is 0 Å². The van der Waals surface area contributed by atoms with E-state index < -0.39 is 0 Å². The summed E-state index contributed by atoms with van der Waals surface area (Å²) < 4.78 is 0. The van der Waals surface area contributed by atoms with E-state index in [1.807, 2.05) is 26.0 Å². The van der Waals surface area contributed by atoms with Gasteiger partial charge in [0.15, 0.2) is 6.29 Å². The third kappa shape index (κ3) is 3.17. The average Bonchev–Trinajstić information content (AvgIpc) is 2.47. The zero-order valence-electron chi connectivity index (χ0n) is 12.6. The van der Waals surface area contributed by atoms with Crippen LogP contribution in [0.1, 0.15) is 74.4 Å². The van der Waals surface area contributed by atoms with Crippen molar-refractivity contribution in [2.75, 3.05) is 0 Å². The summed E-state index contributed by atoms with van der Waals surface area (Å²) in [6.45, 7) is 8.44. The molecule has 1 aliphatic carbocycles. The van der Waals surface area contributed by atoms with Gasteiger partial charge in [-0.05, 0) is 54.4 Å². The van der Waals surface area contributed by atoms with Gasteiger partial charge < -0.3 is 5.11 Å². The number of rotatable bonds is 3. The Bertz CT molecular complexity index is 424. The van der Waals surface area contributed by atoms with Gasteiger partial charge in [-0.25, -0.2) is 0 Å². The molecule has 2 heteroatoms. The van der Waals surface area contributed by atoms with Gasteiger partial charge in [0.2, 0.25) is 0 Å². The number of fused-ring (bicyclic) bond motifs is 1. The number of phenolic OH excluding ortho intramolecular Hbond substituents is 1. The Morgan fingerprint density at radius 3 is 2.47 bits per heavy atom. The summed E-state index contributed by atoms with van der Waals surface area (Å²) in [6.07, 6.45) is 5.26. The highest BCUT2D eigenvalue weighted by molar-refractivity contribution is 5.80. The lowest BCUT2D eigenvalue weighted by molar-refractivity contribution is 0.112. The Morgan fingerprint density at radius 2 is 1.95 bits per heavy atom. The Kier molecular flexibility index (Phi) is 6.07. The Morgan fingerprint density at radius 1 is 1.26 bits per heavy atom. The van der Waals surface area contributed by atoms with E-state index in [9.17, 15) is 9.90 Å². The van der Waals surface area contributed by atoms with Gasteiger partial charge in [-0.2, -0.15) is 0 Å². The summed E-state index contributed by atoms with van der Waals surface area (Å²) in [4.78, 5) is 10.8. The minimum Gasteiger partial charge on any atom is -0.507 e. The van der Waals surface area contributed by atoms with Crippen LogP contribution in [0.5, 0.6) is 5.75 Å². The van der Waals surface area contributed by atoms with Crippen molar-refractivity contribution >= 4 is 6.29 Å². The molecular formula is C17H26O2. The summed E-state index contributed by atoms with van der Waals surface area (Å²) in [5.41, 5.74) is 2.93. The molecule has 0 saturated heterocycles. The van der Waals surface area contributed by atoms with Crippen LogP contribution in [0, 0.1) is 5.92 Å².